The first-order chi connectivity index (χ1) is 7.65. The van der Waals surface area contributed by atoms with Gasteiger partial charge in [-0.1, -0.05) is 11.1 Å². The normalized spacial score (nSPS) is 47.8. The zero-order valence-corrected chi connectivity index (χ0v) is 10.6. The van der Waals surface area contributed by atoms with Gasteiger partial charge in [0.25, 0.3) is 0 Å². The van der Waals surface area contributed by atoms with Gasteiger partial charge in [-0.25, -0.2) is 0 Å². The van der Waals surface area contributed by atoms with Gasteiger partial charge in [0.15, 0.2) is 0 Å². The molecule has 2 heterocycles. The van der Waals surface area contributed by atoms with Gasteiger partial charge < -0.3 is 10.1 Å². The zero-order chi connectivity index (χ0) is 11.3. The third-order valence-electron chi connectivity index (χ3n) is 4.92. The Balaban J connectivity index is 1.85. The van der Waals surface area contributed by atoms with E-state index in [0.29, 0.717) is 18.2 Å². The average Bonchev–Trinajstić information content (AvgIpc) is 2.45. The molecule has 0 aromatic heterocycles. The first kappa shape index (κ1) is 10.8. The van der Waals surface area contributed by atoms with Gasteiger partial charge in [-0.15, -0.1) is 0 Å². The Morgan fingerprint density at radius 1 is 1.06 bits per heavy atom. The Hall–Kier alpha value is -0.340. The molecule has 2 saturated heterocycles. The fourth-order valence-corrected chi connectivity index (χ4v) is 3.78. The van der Waals surface area contributed by atoms with Crippen molar-refractivity contribution in [1.82, 2.24) is 5.32 Å². The minimum absolute atomic E-state index is 0.475. The van der Waals surface area contributed by atoms with Crippen molar-refractivity contribution >= 4 is 0 Å². The highest BCUT2D eigenvalue weighted by atomic mass is 16.5. The molecule has 2 heteroatoms. The maximum Gasteiger partial charge on any atom is 0.0738 e. The molecule has 0 aromatic rings. The predicted molar refractivity (Wildman–Crippen MR) is 65.3 cm³/mol. The fraction of sp³-hybridized carbons (Fsp3) is 0.857. The number of ether oxygens (including phenoxy) is 1. The topological polar surface area (TPSA) is 21.3 Å². The first-order valence-electron chi connectivity index (χ1n) is 6.69. The van der Waals surface area contributed by atoms with Crippen molar-refractivity contribution in [2.45, 2.75) is 58.3 Å². The lowest BCUT2D eigenvalue weighted by Gasteiger charge is -2.33. The van der Waals surface area contributed by atoms with Crippen LogP contribution in [0.25, 0.3) is 0 Å². The number of allylic oxidation sites excluding steroid dienone is 2. The van der Waals surface area contributed by atoms with Crippen LogP contribution < -0.4 is 5.32 Å². The predicted octanol–water partition coefficient (Wildman–Crippen LogP) is 2.50. The molecule has 3 rings (SSSR count). The standard InChI is InChI=1S/C14H23NO/c1-8-4-11-12(5-9(8)2)14-7-15-10(3)6-13(11)16-14/h10-15H,4-7H2,1-3H3/t10?,11-,12+,13+,14-/m0/s1. The van der Waals surface area contributed by atoms with Crippen LogP contribution in [-0.2, 0) is 4.74 Å². The summed E-state index contributed by atoms with van der Waals surface area (Å²) in [4.78, 5) is 0. The Bertz CT molecular complexity index is 323. The van der Waals surface area contributed by atoms with E-state index >= 15 is 0 Å². The molecular weight excluding hydrogens is 198 g/mol. The molecule has 0 saturated carbocycles. The highest BCUT2D eigenvalue weighted by Gasteiger charge is 2.47. The molecule has 16 heavy (non-hydrogen) atoms. The highest BCUT2D eigenvalue weighted by Crippen LogP contribution is 2.46. The molecule has 0 spiro atoms. The Morgan fingerprint density at radius 2 is 1.69 bits per heavy atom. The van der Waals surface area contributed by atoms with Gasteiger partial charge in [0.1, 0.15) is 0 Å². The lowest BCUT2D eigenvalue weighted by molar-refractivity contribution is 0.0395. The molecule has 2 fully saturated rings. The minimum Gasteiger partial charge on any atom is -0.373 e. The van der Waals surface area contributed by atoms with Crippen molar-refractivity contribution in [3.63, 3.8) is 0 Å². The number of hydrogen-bond donors (Lipinski definition) is 1. The van der Waals surface area contributed by atoms with E-state index in [1.165, 1.54) is 19.3 Å². The summed E-state index contributed by atoms with van der Waals surface area (Å²) in [6.07, 6.45) is 4.74. The van der Waals surface area contributed by atoms with Crippen molar-refractivity contribution in [1.29, 1.82) is 0 Å². The smallest absolute Gasteiger partial charge is 0.0738 e. The highest BCUT2D eigenvalue weighted by molar-refractivity contribution is 5.19. The summed E-state index contributed by atoms with van der Waals surface area (Å²) in [5, 5.41) is 3.59. The summed E-state index contributed by atoms with van der Waals surface area (Å²) >= 11 is 0. The maximum atomic E-state index is 6.25. The van der Waals surface area contributed by atoms with Crippen LogP contribution in [0.4, 0.5) is 0 Å². The fourth-order valence-electron chi connectivity index (χ4n) is 3.78. The van der Waals surface area contributed by atoms with Crippen LogP contribution in [0.1, 0.15) is 40.0 Å². The van der Waals surface area contributed by atoms with Crippen molar-refractivity contribution in [2.24, 2.45) is 11.8 Å². The van der Waals surface area contributed by atoms with E-state index in [4.69, 9.17) is 4.74 Å². The van der Waals surface area contributed by atoms with E-state index in [1.54, 1.807) is 11.1 Å². The summed E-state index contributed by atoms with van der Waals surface area (Å²) in [5.41, 5.74) is 3.24. The largest absolute Gasteiger partial charge is 0.373 e. The van der Waals surface area contributed by atoms with Crippen LogP contribution in [0.3, 0.4) is 0 Å². The number of hydrogen-bond acceptors (Lipinski definition) is 2. The molecule has 2 nitrogen and oxygen atoms in total. The zero-order valence-electron chi connectivity index (χ0n) is 10.6. The lowest BCUT2D eigenvalue weighted by Crippen LogP contribution is -2.40. The van der Waals surface area contributed by atoms with Crippen molar-refractivity contribution in [2.75, 3.05) is 6.54 Å². The number of rotatable bonds is 0. The second-order valence-electron chi connectivity index (χ2n) is 6.05. The molecule has 0 radical (unpaired) electrons. The number of nitrogens with one attached hydrogen (secondary N) is 1. The molecular formula is C14H23NO. The van der Waals surface area contributed by atoms with E-state index < -0.39 is 0 Å². The van der Waals surface area contributed by atoms with Gasteiger partial charge in [0, 0.05) is 12.6 Å². The molecule has 1 unspecified atom stereocenters. The molecule has 90 valence electrons. The van der Waals surface area contributed by atoms with Gasteiger partial charge in [0.2, 0.25) is 0 Å². The molecule has 1 aliphatic carbocycles. The quantitative estimate of drug-likeness (QED) is 0.635. The van der Waals surface area contributed by atoms with E-state index in [0.717, 1.165) is 18.4 Å². The van der Waals surface area contributed by atoms with Crippen molar-refractivity contribution < 1.29 is 4.74 Å². The molecule has 2 aliphatic heterocycles. The van der Waals surface area contributed by atoms with Crippen LogP contribution >= 0.6 is 0 Å². The monoisotopic (exact) mass is 221 g/mol. The number of fused-ring (bicyclic) bond motifs is 5. The molecule has 2 bridgehead atoms. The van der Waals surface area contributed by atoms with Gasteiger partial charge in [0.05, 0.1) is 12.2 Å². The summed E-state index contributed by atoms with van der Waals surface area (Å²) in [7, 11) is 0. The summed E-state index contributed by atoms with van der Waals surface area (Å²) in [5.74, 6) is 1.59. The second kappa shape index (κ2) is 3.85. The SMILES string of the molecule is CC1=C(C)C[C@H]2[C@@H](C1)[C@@H]1CNC(C)C[C@H]2O1. The molecule has 0 aromatic carbocycles. The third-order valence-corrected chi connectivity index (χ3v) is 4.92. The van der Waals surface area contributed by atoms with E-state index in [2.05, 4.69) is 26.1 Å². The van der Waals surface area contributed by atoms with Gasteiger partial charge in [-0.3, -0.25) is 0 Å². The van der Waals surface area contributed by atoms with Crippen molar-refractivity contribution in [3.05, 3.63) is 11.1 Å². The third kappa shape index (κ3) is 1.63. The Labute approximate surface area is 98.4 Å². The van der Waals surface area contributed by atoms with Gasteiger partial charge >= 0.3 is 0 Å². The van der Waals surface area contributed by atoms with Gasteiger partial charge in [-0.05, 0) is 51.9 Å². The Kier molecular flexibility index (Phi) is 2.60. The summed E-state index contributed by atoms with van der Waals surface area (Å²) < 4.78 is 6.25. The molecule has 1 N–H and O–H groups in total. The van der Waals surface area contributed by atoms with Crippen LogP contribution in [0.5, 0.6) is 0 Å². The van der Waals surface area contributed by atoms with Crippen LogP contribution in [0.2, 0.25) is 0 Å². The average molecular weight is 221 g/mol. The summed E-state index contributed by atoms with van der Waals surface area (Å²) in [6.45, 7) is 7.96. The van der Waals surface area contributed by atoms with Crippen LogP contribution in [-0.4, -0.2) is 24.8 Å². The maximum absolute atomic E-state index is 6.25. The minimum atomic E-state index is 0.475. The van der Waals surface area contributed by atoms with Crippen LogP contribution in [0.15, 0.2) is 11.1 Å². The van der Waals surface area contributed by atoms with Crippen LogP contribution in [0, 0.1) is 11.8 Å². The lowest BCUT2D eigenvalue weighted by atomic mass is 9.72. The molecule has 3 aliphatic rings. The second-order valence-corrected chi connectivity index (χ2v) is 6.05. The Morgan fingerprint density at radius 3 is 2.38 bits per heavy atom. The molecule has 0 amide bonds. The molecule has 5 atom stereocenters. The van der Waals surface area contributed by atoms with E-state index in [9.17, 15) is 0 Å². The van der Waals surface area contributed by atoms with E-state index in [1.807, 2.05) is 0 Å². The van der Waals surface area contributed by atoms with Crippen molar-refractivity contribution in [3.8, 4) is 0 Å². The van der Waals surface area contributed by atoms with E-state index in [-0.39, 0.29) is 0 Å². The van der Waals surface area contributed by atoms with Gasteiger partial charge in [-0.2, -0.15) is 0 Å². The first-order valence-corrected chi connectivity index (χ1v) is 6.69. The summed E-state index contributed by atoms with van der Waals surface area (Å²) in [6, 6.07) is 0.628.